The maximum atomic E-state index is 12.5. The Kier molecular flexibility index (Phi) is 10.6. The zero-order chi connectivity index (χ0) is 22.6. The van der Waals surface area contributed by atoms with Gasteiger partial charge in [-0.05, 0) is 76.9 Å². The number of rotatable bonds is 11. The van der Waals surface area contributed by atoms with Crippen molar-refractivity contribution in [3.63, 3.8) is 0 Å². The number of hydrogen-bond donors (Lipinski definition) is 2. The summed E-state index contributed by atoms with van der Waals surface area (Å²) in [5.41, 5.74) is 1.44. The summed E-state index contributed by atoms with van der Waals surface area (Å²) in [6, 6.07) is 10.9. The van der Waals surface area contributed by atoms with E-state index in [0.717, 1.165) is 29.3 Å². The number of benzene rings is 2. The van der Waals surface area contributed by atoms with Gasteiger partial charge < -0.3 is 19.5 Å². The van der Waals surface area contributed by atoms with Gasteiger partial charge >= 0.3 is 0 Å². The molecular weight excluding hydrogens is 480 g/mol. The highest BCUT2D eigenvalue weighted by Crippen LogP contribution is 2.28. The van der Waals surface area contributed by atoms with E-state index < -0.39 is 0 Å². The summed E-state index contributed by atoms with van der Waals surface area (Å²) in [4.78, 5) is 12.5. The molecule has 0 aliphatic heterocycles. The van der Waals surface area contributed by atoms with Crippen molar-refractivity contribution in [2.24, 2.45) is 0 Å². The van der Waals surface area contributed by atoms with Crippen molar-refractivity contribution in [3.05, 3.63) is 52.0 Å². The van der Waals surface area contributed by atoms with E-state index in [9.17, 15) is 4.79 Å². The van der Waals surface area contributed by atoms with Gasteiger partial charge in [0.2, 0.25) is 0 Å². The molecule has 0 atom stereocenters. The summed E-state index contributed by atoms with van der Waals surface area (Å²) in [7, 11) is 1.61. The second-order valence-corrected chi connectivity index (χ2v) is 8.08. The van der Waals surface area contributed by atoms with Crippen molar-refractivity contribution in [3.8, 4) is 17.2 Å². The number of unbranched alkanes of at least 4 members (excludes halogenated alkanes) is 1. The molecule has 31 heavy (non-hydrogen) atoms. The van der Waals surface area contributed by atoms with Gasteiger partial charge in [0, 0.05) is 12.1 Å². The first-order valence-electron chi connectivity index (χ1n) is 10.3. The molecule has 0 fully saturated rings. The van der Waals surface area contributed by atoms with Crippen LogP contribution in [0.25, 0.3) is 0 Å². The fourth-order valence-corrected chi connectivity index (χ4v) is 3.30. The van der Waals surface area contributed by atoms with Crippen LogP contribution >= 0.6 is 28.1 Å². The Hall–Kier alpha value is -2.32. The fourth-order valence-electron chi connectivity index (χ4n) is 2.64. The topological polar surface area (TPSA) is 68.8 Å². The van der Waals surface area contributed by atoms with Crippen LogP contribution in [0.1, 0.15) is 49.0 Å². The molecule has 0 radical (unpaired) electrons. The van der Waals surface area contributed by atoms with Crippen molar-refractivity contribution in [1.82, 2.24) is 10.6 Å². The fraction of sp³-hybridized carbons (Fsp3) is 0.391. The Bertz CT molecular complexity index is 892. The van der Waals surface area contributed by atoms with Gasteiger partial charge in [-0.2, -0.15) is 0 Å². The lowest BCUT2D eigenvalue weighted by atomic mass is 10.2. The van der Waals surface area contributed by atoms with Crippen LogP contribution in [-0.2, 0) is 6.54 Å². The minimum absolute atomic E-state index is 0.245. The van der Waals surface area contributed by atoms with Gasteiger partial charge in [-0.3, -0.25) is 10.1 Å². The Morgan fingerprint density at radius 1 is 1.00 bits per heavy atom. The van der Waals surface area contributed by atoms with Crippen LogP contribution in [0.2, 0.25) is 0 Å². The van der Waals surface area contributed by atoms with Crippen LogP contribution in [0.5, 0.6) is 17.2 Å². The van der Waals surface area contributed by atoms with Gasteiger partial charge in [0.15, 0.2) is 16.6 Å². The second-order valence-electron chi connectivity index (χ2n) is 6.82. The molecule has 168 valence electrons. The van der Waals surface area contributed by atoms with Crippen molar-refractivity contribution < 1.29 is 19.0 Å². The molecule has 0 saturated heterocycles. The molecule has 0 unspecified atom stereocenters. The van der Waals surface area contributed by atoms with E-state index in [0.29, 0.717) is 42.6 Å². The molecule has 1 amide bonds. The first kappa shape index (κ1) is 24.9. The SMILES string of the molecule is CCCCOc1ccc(C(=O)NC(=S)NCc2ccc(OCCC)c(OC)c2)cc1Br. The Labute approximate surface area is 197 Å². The molecular formula is C23H29BrN2O4S. The van der Waals surface area contributed by atoms with Gasteiger partial charge in [0.25, 0.3) is 5.91 Å². The molecule has 2 aromatic rings. The minimum Gasteiger partial charge on any atom is -0.493 e. The van der Waals surface area contributed by atoms with Gasteiger partial charge in [-0.25, -0.2) is 0 Å². The predicted octanol–water partition coefficient (Wildman–Crippen LogP) is 5.23. The number of methoxy groups -OCH3 is 1. The third-order valence-electron chi connectivity index (χ3n) is 4.32. The highest BCUT2D eigenvalue weighted by molar-refractivity contribution is 9.10. The van der Waals surface area contributed by atoms with Crippen LogP contribution in [0.4, 0.5) is 0 Å². The molecule has 2 N–H and O–H groups in total. The Morgan fingerprint density at radius 2 is 1.74 bits per heavy atom. The van der Waals surface area contributed by atoms with Crippen LogP contribution in [0, 0.1) is 0 Å². The van der Waals surface area contributed by atoms with Gasteiger partial charge in [0.05, 0.1) is 24.8 Å². The van der Waals surface area contributed by atoms with Crippen molar-refractivity contribution in [2.75, 3.05) is 20.3 Å². The number of halogens is 1. The predicted molar refractivity (Wildman–Crippen MR) is 130 cm³/mol. The smallest absolute Gasteiger partial charge is 0.257 e. The normalized spacial score (nSPS) is 10.3. The summed E-state index contributed by atoms with van der Waals surface area (Å²) in [5.74, 6) is 1.79. The molecule has 0 heterocycles. The molecule has 0 aromatic heterocycles. The van der Waals surface area contributed by atoms with E-state index in [1.807, 2.05) is 18.2 Å². The van der Waals surface area contributed by atoms with Crippen LogP contribution in [-0.4, -0.2) is 31.3 Å². The first-order chi connectivity index (χ1) is 15.0. The molecule has 2 rings (SSSR count). The number of amides is 1. The largest absolute Gasteiger partial charge is 0.493 e. The van der Waals surface area contributed by atoms with Crippen molar-refractivity contribution in [1.29, 1.82) is 0 Å². The number of nitrogens with one attached hydrogen (secondary N) is 2. The van der Waals surface area contributed by atoms with Crippen LogP contribution < -0.4 is 24.8 Å². The highest BCUT2D eigenvalue weighted by Gasteiger charge is 2.12. The molecule has 6 nitrogen and oxygen atoms in total. The molecule has 0 bridgehead atoms. The van der Waals surface area contributed by atoms with Crippen molar-refractivity contribution >= 4 is 39.2 Å². The standard InChI is InChI=1S/C23H29BrN2O4S/c1-4-6-12-30-19-10-8-17(14-18(19)24)22(27)26-23(31)25-15-16-7-9-20(29-11-5-2)21(13-16)28-3/h7-10,13-14H,4-6,11-12,15H2,1-3H3,(H2,25,26,27,31). The summed E-state index contributed by atoms with van der Waals surface area (Å²) in [5, 5.41) is 5.98. The minimum atomic E-state index is -0.292. The van der Waals surface area contributed by atoms with Crippen LogP contribution in [0.3, 0.4) is 0 Å². The second kappa shape index (κ2) is 13.2. The maximum Gasteiger partial charge on any atom is 0.257 e. The quantitative estimate of drug-likeness (QED) is 0.320. The summed E-state index contributed by atoms with van der Waals surface area (Å²) in [6.07, 6.45) is 2.96. The van der Waals surface area contributed by atoms with Gasteiger partial charge in [-0.15, -0.1) is 0 Å². The number of carbonyl (C=O) groups is 1. The number of hydrogen-bond acceptors (Lipinski definition) is 5. The number of carbonyl (C=O) groups excluding carboxylic acids is 1. The molecule has 2 aromatic carbocycles. The van der Waals surface area contributed by atoms with E-state index in [2.05, 4.69) is 40.4 Å². The zero-order valence-corrected chi connectivity index (χ0v) is 20.5. The number of thiocarbonyl (C=S) groups is 1. The monoisotopic (exact) mass is 508 g/mol. The van der Waals surface area contributed by atoms with E-state index in [4.69, 9.17) is 26.4 Å². The number of ether oxygens (including phenoxy) is 3. The average molecular weight is 509 g/mol. The lowest BCUT2D eigenvalue weighted by molar-refractivity contribution is 0.0976. The van der Waals surface area contributed by atoms with Gasteiger partial charge in [0.1, 0.15) is 5.75 Å². The van der Waals surface area contributed by atoms with Gasteiger partial charge in [-0.1, -0.05) is 26.3 Å². The third-order valence-corrected chi connectivity index (χ3v) is 5.19. The molecule has 0 saturated carbocycles. The highest BCUT2D eigenvalue weighted by atomic mass is 79.9. The molecule has 0 aliphatic carbocycles. The zero-order valence-electron chi connectivity index (χ0n) is 18.1. The van der Waals surface area contributed by atoms with E-state index in [1.165, 1.54) is 0 Å². The van der Waals surface area contributed by atoms with E-state index >= 15 is 0 Å². The maximum absolute atomic E-state index is 12.5. The first-order valence-corrected chi connectivity index (χ1v) is 11.5. The molecule has 0 aliphatic rings. The summed E-state index contributed by atoms with van der Waals surface area (Å²) < 4.78 is 17.5. The third kappa shape index (κ3) is 8.03. The lowest BCUT2D eigenvalue weighted by Crippen LogP contribution is -2.38. The van der Waals surface area contributed by atoms with E-state index in [1.54, 1.807) is 25.3 Å². The Morgan fingerprint density at radius 3 is 2.42 bits per heavy atom. The Balaban J connectivity index is 1.89. The van der Waals surface area contributed by atoms with Crippen LogP contribution in [0.15, 0.2) is 40.9 Å². The molecule has 8 heteroatoms. The lowest BCUT2D eigenvalue weighted by Gasteiger charge is -2.13. The average Bonchev–Trinajstić information content (AvgIpc) is 2.77. The molecule has 0 spiro atoms. The summed E-state index contributed by atoms with van der Waals surface area (Å²) in [6.45, 7) is 5.87. The van der Waals surface area contributed by atoms with E-state index in [-0.39, 0.29) is 11.0 Å². The summed E-state index contributed by atoms with van der Waals surface area (Å²) >= 11 is 8.72. The van der Waals surface area contributed by atoms with Crippen molar-refractivity contribution in [2.45, 2.75) is 39.7 Å².